The molecule has 5 heteroatoms. The van der Waals surface area contributed by atoms with E-state index in [9.17, 15) is 0 Å². The van der Waals surface area contributed by atoms with Crippen molar-refractivity contribution in [3.8, 4) is 0 Å². The molecule has 2 aliphatic rings. The number of hydrogen-bond acceptors (Lipinski definition) is 5. The first-order chi connectivity index (χ1) is 12.2. The van der Waals surface area contributed by atoms with E-state index in [2.05, 4.69) is 51.7 Å². The summed E-state index contributed by atoms with van der Waals surface area (Å²) in [5.74, 6) is 1.96. The van der Waals surface area contributed by atoms with Gasteiger partial charge in [-0.15, -0.1) is 0 Å². The molecule has 0 unspecified atom stereocenters. The predicted molar refractivity (Wildman–Crippen MR) is 104 cm³/mol. The van der Waals surface area contributed by atoms with Gasteiger partial charge in [0.05, 0.1) is 0 Å². The summed E-state index contributed by atoms with van der Waals surface area (Å²) in [5.41, 5.74) is 4.12. The summed E-state index contributed by atoms with van der Waals surface area (Å²) in [5, 5.41) is 0. The van der Waals surface area contributed by atoms with Crippen LogP contribution in [-0.2, 0) is 0 Å². The molecule has 0 N–H and O–H groups in total. The van der Waals surface area contributed by atoms with Gasteiger partial charge in [0.15, 0.2) is 0 Å². The highest BCUT2D eigenvalue weighted by atomic mass is 15.3. The normalized spacial score (nSPS) is 18.1. The fraction of sp³-hybridized carbons (Fsp3) is 0.500. The average Bonchev–Trinajstić information content (AvgIpc) is 3.19. The summed E-state index contributed by atoms with van der Waals surface area (Å²) in [4.78, 5) is 16.5. The van der Waals surface area contributed by atoms with Crippen LogP contribution in [0.25, 0.3) is 0 Å². The van der Waals surface area contributed by atoms with E-state index < -0.39 is 0 Å². The zero-order valence-corrected chi connectivity index (χ0v) is 15.3. The Morgan fingerprint density at radius 1 is 0.800 bits per heavy atom. The van der Waals surface area contributed by atoms with Gasteiger partial charge in [0.1, 0.15) is 5.82 Å². The molecule has 3 heterocycles. The van der Waals surface area contributed by atoms with Crippen molar-refractivity contribution in [3.05, 3.63) is 41.6 Å². The third kappa shape index (κ3) is 3.28. The Hall–Kier alpha value is -2.30. The molecular formula is C20H27N5. The lowest BCUT2D eigenvalue weighted by atomic mass is 10.1. The Kier molecular flexibility index (Phi) is 4.47. The standard InChI is InChI=1S/C20H27N5/c1-16-6-5-7-18(17(16)2)23-12-14-25(15-13-23)20-21-9-8-19(22-20)24-10-3-4-11-24/h5-9H,3-4,10-15H2,1-2H3. The maximum atomic E-state index is 4.83. The number of aromatic nitrogens is 2. The monoisotopic (exact) mass is 337 g/mol. The third-order valence-electron chi connectivity index (χ3n) is 5.54. The number of hydrogen-bond donors (Lipinski definition) is 0. The van der Waals surface area contributed by atoms with E-state index >= 15 is 0 Å². The van der Waals surface area contributed by atoms with E-state index in [1.165, 1.54) is 29.7 Å². The zero-order chi connectivity index (χ0) is 17.2. The Labute approximate surface area is 150 Å². The fourth-order valence-corrected chi connectivity index (χ4v) is 3.84. The Morgan fingerprint density at radius 2 is 1.52 bits per heavy atom. The molecule has 0 amide bonds. The molecule has 4 rings (SSSR count). The Morgan fingerprint density at radius 3 is 2.28 bits per heavy atom. The predicted octanol–water partition coefficient (Wildman–Crippen LogP) is 3.02. The number of piperazine rings is 1. The van der Waals surface area contributed by atoms with Crippen LogP contribution in [0.5, 0.6) is 0 Å². The van der Waals surface area contributed by atoms with Crippen molar-refractivity contribution < 1.29 is 0 Å². The van der Waals surface area contributed by atoms with Crippen molar-refractivity contribution in [1.82, 2.24) is 9.97 Å². The van der Waals surface area contributed by atoms with Crippen molar-refractivity contribution in [2.45, 2.75) is 26.7 Å². The van der Waals surface area contributed by atoms with Crippen LogP contribution < -0.4 is 14.7 Å². The number of nitrogens with zero attached hydrogens (tertiary/aromatic N) is 5. The van der Waals surface area contributed by atoms with Gasteiger partial charge in [0, 0.05) is 51.2 Å². The summed E-state index contributed by atoms with van der Waals surface area (Å²) in [6, 6.07) is 8.63. The lowest BCUT2D eigenvalue weighted by Gasteiger charge is -2.37. The van der Waals surface area contributed by atoms with E-state index in [0.29, 0.717) is 0 Å². The van der Waals surface area contributed by atoms with Gasteiger partial charge in [-0.05, 0) is 49.9 Å². The maximum Gasteiger partial charge on any atom is 0.227 e. The molecule has 0 saturated carbocycles. The summed E-state index contributed by atoms with van der Waals surface area (Å²) >= 11 is 0. The smallest absolute Gasteiger partial charge is 0.227 e. The first kappa shape index (κ1) is 16.2. The number of anilines is 3. The summed E-state index contributed by atoms with van der Waals surface area (Å²) in [6.07, 6.45) is 4.45. The minimum atomic E-state index is 0.880. The minimum absolute atomic E-state index is 0.880. The molecule has 2 fully saturated rings. The highest BCUT2D eigenvalue weighted by molar-refractivity contribution is 5.57. The SMILES string of the molecule is Cc1cccc(N2CCN(c3nccc(N4CCCC4)n3)CC2)c1C. The van der Waals surface area contributed by atoms with Crippen LogP contribution >= 0.6 is 0 Å². The molecule has 1 aromatic heterocycles. The van der Waals surface area contributed by atoms with Gasteiger partial charge in [-0.25, -0.2) is 4.98 Å². The second kappa shape index (κ2) is 6.90. The van der Waals surface area contributed by atoms with E-state index in [1.54, 1.807) is 0 Å². The minimum Gasteiger partial charge on any atom is -0.368 e. The van der Waals surface area contributed by atoms with Crippen LogP contribution in [0.2, 0.25) is 0 Å². The largest absolute Gasteiger partial charge is 0.368 e. The molecule has 0 spiro atoms. The summed E-state index contributed by atoms with van der Waals surface area (Å²) in [6.45, 7) is 10.6. The molecule has 0 atom stereocenters. The van der Waals surface area contributed by atoms with E-state index in [1.807, 2.05) is 12.3 Å². The highest BCUT2D eigenvalue weighted by Gasteiger charge is 2.22. The molecule has 25 heavy (non-hydrogen) atoms. The Bertz CT molecular complexity index is 731. The van der Waals surface area contributed by atoms with Crippen LogP contribution in [0.1, 0.15) is 24.0 Å². The van der Waals surface area contributed by atoms with Gasteiger partial charge in [-0.2, -0.15) is 4.98 Å². The first-order valence-corrected chi connectivity index (χ1v) is 9.36. The van der Waals surface area contributed by atoms with Gasteiger partial charge in [-0.1, -0.05) is 12.1 Å². The molecule has 5 nitrogen and oxygen atoms in total. The molecule has 0 bridgehead atoms. The van der Waals surface area contributed by atoms with Crippen molar-refractivity contribution in [2.75, 3.05) is 54.0 Å². The highest BCUT2D eigenvalue weighted by Crippen LogP contribution is 2.25. The molecule has 2 aliphatic heterocycles. The quantitative estimate of drug-likeness (QED) is 0.860. The molecule has 2 aromatic rings. The van der Waals surface area contributed by atoms with Crippen molar-refractivity contribution in [3.63, 3.8) is 0 Å². The third-order valence-corrected chi connectivity index (χ3v) is 5.54. The van der Waals surface area contributed by atoms with Gasteiger partial charge in [-0.3, -0.25) is 0 Å². The first-order valence-electron chi connectivity index (χ1n) is 9.36. The molecule has 0 aliphatic carbocycles. The number of benzene rings is 1. The fourth-order valence-electron chi connectivity index (χ4n) is 3.84. The van der Waals surface area contributed by atoms with Crippen LogP contribution in [0, 0.1) is 13.8 Å². The molecular weight excluding hydrogens is 310 g/mol. The second-order valence-corrected chi connectivity index (χ2v) is 7.10. The van der Waals surface area contributed by atoms with Crippen LogP contribution in [0.15, 0.2) is 30.5 Å². The van der Waals surface area contributed by atoms with Crippen LogP contribution in [-0.4, -0.2) is 49.2 Å². The van der Waals surface area contributed by atoms with Crippen molar-refractivity contribution in [1.29, 1.82) is 0 Å². The van der Waals surface area contributed by atoms with E-state index in [4.69, 9.17) is 4.98 Å². The van der Waals surface area contributed by atoms with Crippen LogP contribution in [0.3, 0.4) is 0 Å². The lowest BCUT2D eigenvalue weighted by Crippen LogP contribution is -2.47. The second-order valence-electron chi connectivity index (χ2n) is 7.10. The van der Waals surface area contributed by atoms with Crippen molar-refractivity contribution >= 4 is 17.5 Å². The summed E-state index contributed by atoms with van der Waals surface area (Å²) < 4.78 is 0. The topological polar surface area (TPSA) is 35.5 Å². The van der Waals surface area contributed by atoms with Gasteiger partial charge in [0.2, 0.25) is 5.95 Å². The van der Waals surface area contributed by atoms with Gasteiger partial charge >= 0.3 is 0 Å². The van der Waals surface area contributed by atoms with Crippen LogP contribution in [0.4, 0.5) is 17.5 Å². The van der Waals surface area contributed by atoms with Gasteiger partial charge in [0.25, 0.3) is 0 Å². The van der Waals surface area contributed by atoms with E-state index in [-0.39, 0.29) is 0 Å². The van der Waals surface area contributed by atoms with E-state index in [0.717, 1.165) is 51.0 Å². The average molecular weight is 337 g/mol. The molecule has 132 valence electrons. The number of aryl methyl sites for hydroxylation is 1. The Balaban J connectivity index is 1.45. The molecule has 0 radical (unpaired) electrons. The summed E-state index contributed by atoms with van der Waals surface area (Å²) in [7, 11) is 0. The van der Waals surface area contributed by atoms with Gasteiger partial charge < -0.3 is 14.7 Å². The molecule has 2 saturated heterocycles. The zero-order valence-electron chi connectivity index (χ0n) is 15.3. The van der Waals surface area contributed by atoms with Crippen molar-refractivity contribution in [2.24, 2.45) is 0 Å². The molecule has 1 aromatic carbocycles. The number of rotatable bonds is 3. The maximum absolute atomic E-state index is 4.83. The lowest BCUT2D eigenvalue weighted by molar-refractivity contribution is 0.638.